The van der Waals surface area contributed by atoms with E-state index in [0.29, 0.717) is 0 Å². The van der Waals surface area contributed by atoms with Crippen LogP contribution in [0.3, 0.4) is 0 Å². The van der Waals surface area contributed by atoms with Crippen molar-refractivity contribution >= 4 is 27.5 Å². The molecule has 0 radical (unpaired) electrons. The second-order valence-electron chi connectivity index (χ2n) is 5.49. The molecule has 7 heteroatoms. The van der Waals surface area contributed by atoms with E-state index in [1.807, 2.05) is 18.2 Å². The van der Waals surface area contributed by atoms with E-state index < -0.39 is 9.84 Å². The third-order valence-corrected chi connectivity index (χ3v) is 6.11. The van der Waals surface area contributed by atoms with Crippen LogP contribution >= 0.6 is 11.6 Å². The quantitative estimate of drug-likeness (QED) is 0.854. The van der Waals surface area contributed by atoms with Gasteiger partial charge in [-0.3, -0.25) is 0 Å². The molecule has 0 aromatic heterocycles. The Hall–Kier alpha value is -1.27. The standard InChI is InChI=1S/C14H17ClN2O3S/c15-12-3-1-2-11-10(12)4-5-13(11)16-14(18)17-6-8-21(19,20)9-7-17/h1-3,13H,4-9H2,(H,16,18)/t13-/m0/s1. The molecule has 0 unspecified atom stereocenters. The molecule has 5 nitrogen and oxygen atoms in total. The average molecular weight is 329 g/mol. The number of hydrogen-bond donors (Lipinski definition) is 1. The van der Waals surface area contributed by atoms with Gasteiger partial charge < -0.3 is 10.2 Å². The number of rotatable bonds is 1. The van der Waals surface area contributed by atoms with Crippen LogP contribution in [0.4, 0.5) is 4.79 Å². The lowest BCUT2D eigenvalue weighted by Crippen LogP contribution is -2.48. The average Bonchev–Trinajstić information content (AvgIpc) is 2.83. The van der Waals surface area contributed by atoms with E-state index >= 15 is 0 Å². The third-order valence-electron chi connectivity index (χ3n) is 4.14. The molecule has 3 rings (SSSR count). The lowest BCUT2D eigenvalue weighted by atomic mass is 10.1. The number of carbonyl (C=O) groups is 1. The molecule has 2 amide bonds. The van der Waals surface area contributed by atoms with Crippen molar-refractivity contribution in [3.8, 4) is 0 Å². The first-order valence-corrected chi connectivity index (χ1v) is 9.19. The summed E-state index contributed by atoms with van der Waals surface area (Å²) in [6.45, 7) is 0.534. The molecule has 1 N–H and O–H groups in total. The number of nitrogens with one attached hydrogen (secondary N) is 1. The van der Waals surface area contributed by atoms with Crippen molar-refractivity contribution in [2.24, 2.45) is 0 Å². The smallest absolute Gasteiger partial charge is 0.317 e. The molecule has 0 spiro atoms. The van der Waals surface area contributed by atoms with Gasteiger partial charge in [0, 0.05) is 18.1 Å². The minimum absolute atomic E-state index is 0.0373. The second kappa shape index (κ2) is 5.50. The summed E-state index contributed by atoms with van der Waals surface area (Å²) < 4.78 is 22.8. The van der Waals surface area contributed by atoms with Gasteiger partial charge in [0.15, 0.2) is 9.84 Å². The minimum Gasteiger partial charge on any atom is -0.331 e. The zero-order valence-corrected chi connectivity index (χ0v) is 13.1. The lowest BCUT2D eigenvalue weighted by Gasteiger charge is -2.28. The predicted molar refractivity (Wildman–Crippen MR) is 81.3 cm³/mol. The van der Waals surface area contributed by atoms with E-state index in [9.17, 15) is 13.2 Å². The zero-order valence-electron chi connectivity index (χ0n) is 11.5. The molecular weight excluding hydrogens is 312 g/mol. The summed E-state index contributed by atoms with van der Waals surface area (Å²) in [6.07, 6.45) is 1.69. The van der Waals surface area contributed by atoms with Crippen LogP contribution in [0.25, 0.3) is 0 Å². The maximum absolute atomic E-state index is 12.2. The highest BCUT2D eigenvalue weighted by atomic mass is 35.5. The van der Waals surface area contributed by atoms with Gasteiger partial charge in [-0.05, 0) is 30.0 Å². The number of sulfone groups is 1. The van der Waals surface area contributed by atoms with Crippen LogP contribution < -0.4 is 5.32 Å². The fourth-order valence-corrected chi connectivity index (χ4v) is 4.39. The third kappa shape index (κ3) is 3.01. The van der Waals surface area contributed by atoms with E-state index in [2.05, 4.69) is 5.32 Å². The largest absolute Gasteiger partial charge is 0.331 e. The summed E-state index contributed by atoms with van der Waals surface area (Å²) in [4.78, 5) is 13.8. The number of urea groups is 1. The van der Waals surface area contributed by atoms with Crippen molar-refractivity contribution in [3.63, 3.8) is 0 Å². The molecule has 2 aliphatic rings. The number of nitrogens with zero attached hydrogens (tertiary/aromatic N) is 1. The fraction of sp³-hybridized carbons (Fsp3) is 0.500. The molecule has 1 aliphatic heterocycles. The van der Waals surface area contributed by atoms with E-state index in [4.69, 9.17) is 11.6 Å². The number of amides is 2. The molecule has 0 saturated carbocycles. The monoisotopic (exact) mass is 328 g/mol. The Balaban J connectivity index is 1.66. The lowest BCUT2D eigenvalue weighted by molar-refractivity contribution is 0.198. The number of carbonyl (C=O) groups excluding carboxylic acids is 1. The molecule has 0 bridgehead atoms. The Morgan fingerprint density at radius 3 is 2.71 bits per heavy atom. The van der Waals surface area contributed by atoms with Gasteiger partial charge >= 0.3 is 6.03 Å². The molecule has 1 atom stereocenters. The summed E-state index contributed by atoms with van der Waals surface area (Å²) >= 11 is 6.16. The zero-order chi connectivity index (χ0) is 15.0. The van der Waals surface area contributed by atoms with E-state index in [-0.39, 0.29) is 36.7 Å². The maximum Gasteiger partial charge on any atom is 0.317 e. The van der Waals surface area contributed by atoms with Gasteiger partial charge in [-0.1, -0.05) is 23.7 Å². The van der Waals surface area contributed by atoms with Gasteiger partial charge in [0.2, 0.25) is 0 Å². The molecule has 1 fully saturated rings. The van der Waals surface area contributed by atoms with Crippen LogP contribution in [0, 0.1) is 0 Å². The molecule has 1 saturated heterocycles. The van der Waals surface area contributed by atoms with Crippen LogP contribution in [0.5, 0.6) is 0 Å². The Kier molecular flexibility index (Phi) is 3.84. The predicted octanol–water partition coefficient (Wildman–Crippen LogP) is 1.77. The number of fused-ring (bicyclic) bond motifs is 1. The molecule has 1 heterocycles. The van der Waals surface area contributed by atoms with Crippen molar-refractivity contribution in [1.82, 2.24) is 10.2 Å². The number of hydrogen-bond acceptors (Lipinski definition) is 3. The van der Waals surface area contributed by atoms with Gasteiger partial charge in [-0.15, -0.1) is 0 Å². The topological polar surface area (TPSA) is 66.5 Å². The fourth-order valence-electron chi connectivity index (χ4n) is 2.92. The van der Waals surface area contributed by atoms with Crippen LogP contribution in [0.2, 0.25) is 5.02 Å². The first-order chi connectivity index (χ1) is 9.96. The Morgan fingerprint density at radius 2 is 2.00 bits per heavy atom. The van der Waals surface area contributed by atoms with Gasteiger partial charge in [-0.25, -0.2) is 13.2 Å². The molecule has 1 aromatic rings. The van der Waals surface area contributed by atoms with Crippen LogP contribution in [0.1, 0.15) is 23.6 Å². The van der Waals surface area contributed by atoms with E-state index in [1.54, 1.807) is 4.90 Å². The SMILES string of the molecule is O=C(N[C@H]1CCc2c(Cl)cccc21)N1CCS(=O)(=O)CC1. The Morgan fingerprint density at radius 1 is 1.29 bits per heavy atom. The van der Waals surface area contributed by atoms with Gasteiger partial charge in [0.25, 0.3) is 0 Å². The van der Waals surface area contributed by atoms with Gasteiger partial charge in [0.05, 0.1) is 17.5 Å². The molecule has 1 aliphatic carbocycles. The minimum atomic E-state index is -2.97. The van der Waals surface area contributed by atoms with E-state index in [1.165, 1.54) is 0 Å². The second-order valence-corrected chi connectivity index (χ2v) is 8.20. The summed E-state index contributed by atoms with van der Waals surface area (Å²) in [5.41, 5.74) is 2.17. The van der Waals surface area contributed by atoms with Gasteiger partial charge in [0.1, 0.15) is 0 Å². The first kappa shape index (κ1) is 14.7. The van der Waals surface area contributed by atoms with Crippen molar-refractivity contribution in [2.45, 2.75) is 18.9 Å². The van der Waals surface area contributed by atoms with Crippen LogP contribution in [-0.2, 0) is 16.3 Å². The molecule has 1 aromatic carbocycles. The van der Waals surface area contributed by atoms with Crippen molar-refractivity contribution in [3.05, 3.63) is 34.3 Å². The summed E-state index contributed by atoms with van der Waals surface area (Å²) in [6, 6.07) is 5.51. The number of benzene rings is 1. The van der Waals surface area contributed by atoms with Gasteiger partial charge in [-0.2, -0.15) is 0 Å². The van der Waals surface area contributed by atoms with Crippen LogP contribution in [-0.4, -0.2) is 43.9 Å². The van der Waals surface area contributed by atoms with E-state index in [0.717, 1.165) is 29.0 Å². The highest BCUT2D eigenvalue weighted by Gasteiger charge is 2.29. The van der Waals surface area contributed by atoms with Crippen molar-refractivity contribution < 1.29 is 13.2 Å². The summed E-state index contributed by atoms with van der Waals surface area (Å²) in [5, 5.41) is 3.74. The molecule has 21 heavy (non-hydrogen) atoms. The molecular formula is C14H17ClN2O3S. The maximum atomic E-state index is 12.2. The van der Waals surface area contributed by atoms with Crippen LogP contribution in [0.15, 0.2) is 18.2 Å². The number of halogens is 1. The summed E-state index contributed by atoms with van der Waals surface area (Å²) in [5.74, 6) is 0.0982. The highest BCUT2D eigenvalue weighted by Crippen LogP contribution is 2.35. The normalized spacial score (nSPS) is 23.7. The van der Waals surface area contributed by atoms with Crippen molar-refractivity contribution in [2.75, 3.05) is 24.6 Å². The molecule has 114 valence electrons. The summed E-state index contributed by atoms with van der Waals surface area (Å²) in [7, 11) is -2.97. The first-order valence-electron chi connectivity index (χ1n) is 6.99. The van der Waals surface area contributed by atoms with Crippen molar-refractivity contribution in [1.29, 1.82) is 0 Å². The Bertz CT molecular complexity index is 661. The Labute approximate surface area is 129 Å². The highest BCUT2D eigenvalue weighted by molar-refractivity contribution is 7.91.